The van der Waals surface area contributed by atoms with Crippen LogP contribution in [0.5, 0.6) is 0 Å². The molecule has 0 aliphatic carbocycles. The molecule has 3 rings (SSSR count). The predicted molar refractivity (Wildman–Crippen MR) is 76.9 cm³/mol. The molecular formula is C15H15Si2. The maximum absolute atomic E-state index is 2.44. The minimum atomic E-state index is -0.421. The summed E-state index contributed by atoms with van der Waals surface area (Å²) in [7, 11) is 0.491. The zero-order valence-electron chi connectivity index (χ0n) is 10.0. The molecule has 4 bridgehead atoms. The van der Waals surface area contributed by atoms with Gasteiger partial charge in [-0.25, -0.2) is 0 Å². The third-order valence-corrected chi connectivity index (χ3v) is 6.85. The van der Waals surface area contributed by atoms with Crippen molar-refractivity contribution < 1.29 is 0 Å². The molecule has 2 aromatic rings. The maximum atomic E-state index is 2.44. The molecule has 17 heavy (non-hydrogen) atoms. The summed E-state index contributed by atoms with van der Waals surface area (Å²) in [6.45, 7) is 2.43. The molecule has 0 amide bonds. The molecule has 0 unspecified atom stereocenters. The van der Waals surface area contributed by atoms with Crippen LogP contribution in [0.4, 0.5) is 0 Å². The van der Waals surface area contributed by atoms with E-state index in [1.165, 1.54) is 28.4 Å². The van der Waals surface area contributed by atoms with Crippen molar-refractivity contribution in [2.45, 2.75) is 18.6 Å². The van der Waals surface area contributed by atoms with Gasteiger partial charge in [-0.05, 0) is 12.1 Å². The molecule has 0 N–H and O–H groups in total. The Hall–Kier alpha value is -1.13. The maximum Gasteiger partial charge on any atom is 0.0869 e. The summed E-state index contributed by atoms with van der Waals surface area (Å²) in [6, 6.07) is 20.9. The van der Waals surface area contributed by atoms with Crippen LogP contribution in [0.25, 0.3) is 0 Å². The van der Waals surface area contributed by atoms with Gasteiger partial charge >= 0.3 is 0 Å². The first-order valence-electron chi connectivity index (χ1n) is 6.06. The van der Waals surface area contributed by atoms with E-state index in [2.05, 4.69) is 55.1 Å². The van der Waals surface area contributed by atoms with Gasteiger partial charge in [-0.1, -0.05) is 76.6 Å². The van der Waals surface area contributed by atoms with Gasteiger partial charge in [0.2, 0.25) is 0 Å². The van der Waals surface area contributed by atoms with E-state index in [1.807, 2.05) is 0 Å². The minimum absolute atomic E-state index is 0.421. The Morgan fingerprint density at radius 2 is 1.82 bits per heavy atom. The predicted octanol–water partition coefficient (Wildman–Crippen LogP) is 1.64. The average molecular weight is 251 g/mol. The highest BCUT2D eigenvalue weighted by Crippen LogP contribution is 2.06. The molecule has 1 aliphatic heterocycles. The van der Waals surface area contributed by atoms with Gasteiger partial charge in [0.1, 0.15) is 0 Å². The lowest BCUT2D eigenvalue weighted by Gasteiger charge is -2.14. The monoisotopic (exact) mass is 251 g/mol. The number of hydrogen-bond acceptors (Lipinski definition) is 0. The lowest BCUT2D eigenvalue weighted by atomic mass is 10.2. The molecular weight excluding hydrogens is 236 g/mol. The van der Waals surface area contributed by atoms with Crippen molar-refractivity contribution >= 4 is 28.7 Å². The van der Waals surface area contributed by atoms with Gasteiger partial charge in [0, 0.05) is 0 Å². The van der Waals surface area contributed by atoms with Crippen molar-refractivity contribution in [1.82, 2.24) is 0 Å². The van der Waals surface area contributed by atoms with Gasteiger partial charge < -0.3 is 0 Å². The first kappa shape index (κ1) is 11.0. The minimum Gasteiger partial charge on any atom is -0.0666 e. The second-order valence-corrected chi connectivity index (χ2v) is 8.49. The van der Waals surface area contributed by atoms with Crippen molar-refractivity contribution in [2.75, 3.05) is 0 Å². The van der Waals surface area contributed by atoms with Crippen LogP contribution in [0.15, 0.2) is 48.5 Å². The van der Waals surface area contributed by atoms with Crippen LogP contribution in [0.3, 0.4) is 0 Å². The zero-order chi connectivity index (χ0) is 11.7. The van der Waals surface area contributed by atoms with E-state index in [9.17, 15) is 0 Å². The smallest absolute Gasteiger partial charge is 0.0666 e. The van der Waals surface area contributed by atoms with Crippen molar-refractivity contribution in [3.8, 4) is 0 Å². The second kappa shape index (κ2) is 4.63. The van der Waals surface area contributed by atoms with E-state index in [4.69, 9.17) is 0 Å². The van der Waals surface area contributed by atoms with Gasteiger partial charge in [-0.3, -0.25) is 0 Å². The quantitative estimate of drug-likeness (QED) is 0.625. The number of hydrogen-bond donors (Lipinski definition) is 0. The number of fused-ring (bicyclic) bond motifs is 4. The fraction of sp³-hybridized carbons (Fsp3) is 0.200. The van der Waals surface area contributed by atoms with Crippen LogP contribution in [-0.2, 0) is 12.1 Å². The van der Waals surface area contributed by atoms with Gasteiger partial charge in [-0.15, -0.1) is 0 Å². The highest BCUT2D eigenvalue weighted by molar-refractivity contribution is 6.71. The largest absolute Gasteiger partial charge is 0.0869 e. The van der Waals surface area contributed by atoms with Crippen LogP contribution in [-0.4, -0.2) is 18.3 Å². The summed E-state index contributed by atoms with van der Waals surface area (Å²) in [4.78, 5) is 0. The second-order valence-electron chi connectivity index (χ2n) is 4.71. The van der Waals surface area contributed by atoms with Crippen LogP contribution in [0.2, 0.25) is 6.55 Å². The topological polar surface area (TPSA) is 0 Å². The highest BCUT2D eigenvalue weighted by Gasteiger charge is 2.12. The molecule has 0 atom stereocenters. The first-order chi connectivity index (χ1) is 8.31. The molecule has 0 saturated heterocycles. The van der Waals surface area contributed by atoms with Gasteiger partial charge in [-0.2, -0.15) is 0 Å². The van der Waals surface area contributed by atoms with E-state index in [0.717, 1.165) is 9.52 Å². The van der Waals surface area contributed by atoms with Crippen molar-refractivity contribution in [3.05, 3.63) is 59.7 Å². The summed E-state index contributed by atoms with van der Waals surface area (Å²) in [6.07, 6.45) is 0. The van der Waals surface area contributed by atoms with E-state index in [1.54, 1.807) is 5.19 Å². The Kier molecular flexibility index (Phi) is 2.99. The van der Waals surface area contributed by atoms with Crippen molar-refractivity contribution in [2.24, 2.45) is 0 Å². The summed E-state index contributed by atoms with van der Waals surface area (Å²) >= 11 is 0. The Labute approximate surface area is 107 Å². The molecule has 3 radical (unpaired) electrons. The molecule has 0 saturated carbocycles. The van der Waals surface area contributed by atoms with Gasteiger partial charge in [0.05, 0.1) is 18.3 Å². The average Bonchev–Trinajstić information content (AvgIpc) is 2.36. The third kappa shape index (κ3) is 2.43. The SMILES string of the molecule is C[Si]1Cc2cccc(c2)[Si]Cc2cccc1c2. The fourth-order valence-electron chi connectivity index (χ4n) is 2.35. The summed E-state index contributed by atoms with van der Waals surface area (Å²) in [5.74, 6) is 0. The number of rotatable bonds is 0. The summed E-state index contributed by atoms with van der Waals surface area (Å²) in [5, 5.41) is 3.11. The van der Waals surface area contributed by atoms with E-state index in [-0.39, 0.29) is 0 Å². The Balaban J connectivity index is 2.03. The lowest BCUT2D eigenvalue weighted by molar-refractivity contribution is 1.34. The Morgan fingerprint density at radius 3 is 2.76 bits per heavy atom. The van der Waals surface area contributed by atoms with Gasteiger partial charge in [0.25, 0.3) is 0 Å². The highest BCUT2D eigenvalue weighted by atomic mass is 28.3. The molecule has 2 heteroatoms. The molecule has 0 nitrogen and oxygen atoms in total. The van der Waals surface area contributed by atoms with Crippen molar-refractivity contribution in [3.63, 3.8) is 0 Å². The van der Waals surface area contributed by atoms with Crippen LogP contribution < -0.4 is 10.4 Å². The van der Waals surface area contributed by atoms with Gasteiger partial charge in [0.15, 0.2) is 0 Å². The van der Waals surface area contributed by atoms with E-state index in [0.29, 0.717) is 0 Å². The fourth-order valence-corrected chi connectivity index (χ4v) is 5.33. The zero-order valence-corrected chi connectivity index (χ0v) is 12.0. The van der Waals surface area contributed by atoms with Crippen LogP contribution in [0.1, 0.15) is 11.1 Å². The Bertz CT molecular complexity index is 534. The Morgan fingerprint density at radius 1 is 1.00 bits per heavy atom. The molecule has 1 aliphatic rings. The van der Waals surface area contributed by atoms with Crippen LogP contribution >= 0.6 is 0 Å². The summed E-state index contributed by atoms with van der Waals surface area (Å²) in [5.41, 5.74) is 3.04. The third-order valence-electron chi connectivity index (χ3n) is 3.31. The van der Waals surface area contributed by atoms with Crippen LogP contribution in [0, 0.1) is 0 Å². The van der Waals surface area contributed by atoms with Crippen molar-refractivity contribution in [1.29, 1.82) is 0 Å². The molecule has 0 fully saturated rings. The first-order valence-corrected chi connectivity index (χ1v) is 9.47. The normalized spacial score (nSPS) is 15.6. The lowest BCUT2D eigenvalue weighted by Crippen LogP contribution is -2.31. The molecule has 0 aromatic heterocycles. The molecule has 2 aromatic carbocycles. The molecule has 0 spiro atoms. The van der Waals surface area contributed by atoms with E-state index >= 15 is 0 Å². The number of benzene rings is 2. The molecule has 83 valence electrons. The molecule has 1 heterocycles. The standard InChI is InChI=1S/C15H15Si2/c1-17-11-13-5-2-6-14(8-13)16-10-12-4-3-7-15(17)9-12/h2-9H,10-11H2,1H3. The summed E-state index contributed by atoms with van der Waals surface area (Å²) < 4.78 is 0. The van der Waals surface area contributed by atoms with E-state index < -0.39 is 8.80 Å².